The molecule has 6 nitrogen and oxygen atoms in total. The maximum Gasteiger partial charge on any atom is 0.410 e. The number of amides is 1. The molecule has 2 aromatic rings. The highest BCUT2D eigenvalue weighted by molar-refractivity contribution is 6.07. The molecule has 1 heterocycles. The lowest BCUT2D eigenvalue weighted by Gasteiger charge is -2.36. The Morgan fingerprint density at radius 1 is 1.05 bits per heavy atom. The fraction of sp³-hybridized carbons (Fsp3) is 0.516. The van der Waals surface area contributed by atoms with Crippen molar-refractivity contribution in [2.75, 3.05) is 26.2 Å². The van der Waals surface area contributed by atoms with Gasteiger partial charge in [0.2, 0.25) is 0 Å². The molecule has 0 radical (unpaired) electrons. The van der Waals surface area contributed by atoms with E-state index in [1.807, 2.05) is 43.9 Å². The molecule has 0 bridgehead atoms. The summed E-state index contributed by atoms with van der Waals surface area (Å²) in [6, 6.07) is 19.8. The summed E-state index contributed by atoms with van der Waals surface area (Å²) < 4.78 is 5.81. The number of piperidine rings is 1. The third-order valence-electron chi connectivity index (χ3n) is 7.43. The van der Waals surface area contributed by atoms with E-state index in [2.05, 4.69) is 29.2 Å². The summed E-state index contributed by atoms with van der Waals surface area (Å²) in [4.78, 5) is 29.2. The van der Waals surface area contributed by atoms with Crippen LogP contribution in [0.25, 0.3) is 0 Å². The Balaban J connectivity index is 1.25. The Bertz CT molecular complexity index is 1090. The minimum absolute atomic E-state index is 0.180. The standard InChI is InChI=1S/C31H39N3O3/c1-31(2,3)37-30(36)34(28-20-27(28)25-9-5-4-6-10-25)22-24-15-18-33(19-16-24)17-7-8-23-11-13-26(14-12-23)29(35)21-32/h4-6,9-14,24,27-28H,7-8,15-20,22H2,1-3H3. The van der Waals surface area contributed by atoms with Gasteiger partial charge in [-0.15, -0.1) is 0 Å². The van der Waals surface area contributed by atoms with Gasteiger partial charge in [-0.05, 0) is 89.6 Å². The van der Waals surface area contributed by atoms with E-state index in [1.165, 1.54) is 11.1 Å². The fourth-order valence-electron chi connectivity index (χ4n) is 5.32. The molecule has 2 fully saturated rings. The Kier molecular flexibility index (Phi) is 8.66. The van der Waals surface area contributed by atoms with Crippen LogP contribution in [0.5, 0.6) is 0 Å². The number of nitriles is 1. The molecule has 0 spiro atoms. The molecule has 37 heavy (non-hydrogen) atoms. The number of rotatable bonds is 9. The van der Waals surface area contributed by atoms with E-state index in [9.17, 15) is 9.59 Å². The first kappa shape index (κ1) is 26.9. The summed E-state index contributed by atoms with van der Waals surface area (Å²) in [5, 5.41) is 8.74. The van der Waals surface area contributed by atoms with Crippen LogP contribution in [0, 0.1) is 17.2 Å². The van der Waals surface area contributed by atoms with Crippen molar-refractivity contribution >= 4 is 11.9 Å². The van der Waals surface area contributed by atoms with Crippen molar-refractivity contribution in [2.24, 2.45) is 5.92 Å². The molecule has 1 aliphatic carbocycles. The predicted molar refractivity (Wildman–Crippen MR) is 144 cm³/mol. The maximum atomic E-state index is 13.2. The van der Waals surface area contributed by atoms with E-state index >= 15 is 0 Å². The monoisotopic (exact) mass is 501 g/mol. The van der Waals surface area contributed by atoms with E-state index in [1.54, 1.807) is 18.2 Å². The zero-order valence-corrected chi connectivity index (χ0v) is 22.4. The van der Waals surface area contributed by atoms with Gasteiger partial charge in [0.1, 0.15) is 11.7 Å². The van der Waals surface area contributed by atoms with Crippen LogP contribution in [0.3, 0.4) is 0 Å². The van der Waals surface area contributed by atoms with Crippen molar-refractivity contribution < 1.29 is 14.3 Å². The third kappa shape index (κ3) is 7.66. The molecule has 0 N–H and O–H groups in total. The second-order valence-corrected chi connectivity index (χ2v) is 11.5. The number of nitrogens with zero attached hydrogens (tertiary/aromatic N) is 3. The molecule has 4 rings (SSSR count). The van der Waals surface area contributed by atoms with Gasteiger partial charge in [-0.2, -0.15) is 5.26 Å². The van der Waals surface area contributed by atoms with Crippen molar-refractivity contribution in [3.05, 3.63) is 71.3 Å². The molecular weight excluding hydrogens is 462 g/mol. The predicted octanol–water partition coefficient (Wildman–Crippen LogP) is 5.83. The SMILES string of the molecule is CC(C)(C)OC(=O)N(CC1CCN(CCCc2ccc(C(=O)C#N)cc2)CC1)C1CC1c1ccccc1. The van der Waals surface area contributed by atoms with Crippen molar-refractivity contribution in [3.8, 4) is 6.07 Å². The quantitative estimate of drug-likeness (QED) is 0.319. The summed E-state index contributed by atoms with van der Waals surface area (Å²) in [5.74, 6) is 0.406. The number of carbonyl (C=O) groups is 2. The zero-order chi connectivity index (χ0) is 26.4. The van der Waals surface area contributed by atoms with Gasteiger partial charge in [0, 0.05) is 24.1 Å². The number of carbonyl (C=O) groups excluding carboxylic acids is 2. The summed E-state index contributed by atoms with van der Waals surface area (Å²) in [6.45, 7) is 9.71. The first-order valence-corrected chi connectivity index (χ1v) is 13.5. The second kappa shape index (κ2) is 11.9. The average Bonchev–Trinajstić information content (AvgIpc) is 3.68. The Morgan fingerprint density at radius 3 is 2.35 bits per heavy atom. The van der Waals surface area contributed by atoms with Gasteiger partial charge in [0.15, 0.2) is 0 Å². The lowest BCUT2D eigenvalue weighted by atomic mass is 9.95. The summed E-state index contributed by atoms with van der Waals surface area (Å²) in [5.41, 5.74) is 2.45. The number of likely N-dealkylation sites (tertiary alicyclic amines) is 1. The molecule has 1 saturated heterocycles. The van der Waals surface area contributed by atoms with Crippen molar-refractivity contribution in [1.29, 1.82) is 5.26 Å². The number of hydrogen-bond acceptors (Lipinski definition) is 5. The molecule has 1 saturated carbocycles. The van der Waals surface area contributed by atoms with Crippen molar-refractivity contribution in [3.63, 3.8) is 0 Å². The molecule has 1 amide bonds. The number of Topliss-reactive ketones (excluding diaryl/α,β-unsaturated/α-hetero) is 1. The molecular formula is C31H39N3O3. The lowest BCUT2D eigenvalue weighted by molar-refractivity contribution is 0.0171. The van der Waals surface area contributed by atoms with Crippen molar-refractivity contribution in [2.45, 2.75) is 70.4 Å². The highest BCUT2D eigenvalue weighted by Gasteiger charge is 2.46. The van der Waals surface area contributed by atoms with Crippen LogP contribution >= 0.6 is 0 Å². The van der Waals surface area contributed by atoms with Gasteiger partial charge in [-0.3, -0.25) is 4.79 Å². The molecule has 2 atom stereocenters. The van der Waals surface area contributed by atoms with Crippen LogP contribution in [0.1, 0.15) is 73.9 Å². The zero-order valence-electron chi connectivity index (χ0n) is 22.4. The highest BCUT2D eigenvalue weighted by Crippen LogP contribution is 2.45. The Morgan fingerprint density at radius 2 is 1.73 bits per heavy atom. The molecule has 196 valence electrons. The van der Waals surface area contributed by atoms with Crippen LogP contribution in [0.4, 0.5) is 4.79 Å². The van der Waals surface area contributed by atoms with E-state index in [0.29, 0.717) is 17.4 Å². The van der Waals surface area contributed by atoms with Crippen LogP contribution in [-0.4, -0.2) is 59.5 Å². The summed E-state index contributed by atoms with van der Waals surface area (Å²) >= 11 is 0. The van der Waals surface area contributed by atoms with Gasteiger partial charge in [-0.1, -0.05) is 54.6 Å². The van der Waals surface area contributed by atoms with Gasteiger partial charge >= 0.3 is 6.09 Å². The lowest BCUT2D eigenvalue weighted by Crippen LogP contribution is -2.44. The molecule has 2 aliphatic rings. The third-order valence-corrected chi connectivity index (χ3v) is 7.43. The smallest absolute Gasteiger partial charge is 0.410 e. The number of aryl methyl sites for hydroxylation is 1. The Labute approximate surface area is 221 Å². The minimum Gasteiger partial charge on any atom is -0.444 e. The molecule has 2 aromatic carbocycles. The van der Waals surface area contributed by atoms with Crippen LogP contribution in [-0.2, 0) is 11.2 Å². The van der Waals surface area contributed by atoms with Gasteiger partial charge in [0.05, 0.1) is 0 Å². The average molecular weight is 502 g/mol. The van der Waals surface area contributed by atoms with Crippen LogP contribution < -0.4 is 0 Å². The first-order valence-electron chi connectivity index (χ1n) is 13.5. The van der Waals surface area contributed by atoms with Crippen LogP contribution in [0.15, 0.2) is 54.6 Å². The topological polar surface area (TPSA) is 73.6 Å². The fourth-order valence-corrected chi connectivity index (χ4v) is 5.32. The Hall–Kier alpha value is -3.17. The second-order valence-electron chi connectivity index (χ2n) is 11.5. The summed E-state index contributed by atoms with van der Waals surface area (Å²) in [6.07, 6.45) is 5.02. The van der Waals surface area contributed by atoms with Gasteiger partial charge < -0.3 is 14.5 Å². The number of ether oxygens (including phenoxy) is 1. The van der Waals surface area contributed by atoms with Crippen molar-refractivity contribution in [1.82, 2.24) is 9.80 Å². The molecule has 6 heteroatoms. The molecule has 2 unspecified atom stereocenters. The van der Waals surface area contributed by atoms with E-state index < -0.39 is 11.4 Å². The minimum atomic E-state index is -0.499. The number of ketones is 1. The number of hydrogen-bond donors (Lipinski definition) is 0. The largest absolute Gasteiger partial charge is 0.444 e. The molecule has 0 aromatic heterocycles. The highest BCUT2D eigenvalue weighted by atomic mass is 16.6. The van der Waals surface area contributed by atoms with E-state index in [4.69, 9.17) is 10.00 Å². The molecule has 1 aliphatic heterocycles. The normalized spacial score (nSPS) is 20.2. The van der Waals surface area contributed by atoms with E-state index in [0.717, 1.165) is 58.3 Å². The summed E-state index contributed by atoms with van der Waals surface area (Å²) in [7, 11) is 0. The number of benzene rings is 2. The van der Waals surface area contributed by atoms with Gasteiger partial charge in [-0.25, -0.2) is 4.79 Å². The van der Waals surface area contributed by atoms with Crippen LogP contribution in [0.2, 0.25) is 0 Å². The van der Waals surface area contributed by atoms with E-state index in [-0.39, 0.29) is 12.1 Å². The van der Waals surface area contributed by atoms with Gasteiger partial charge in [0.25, 0.3) is 5.78 Å². The first-order chi connectivity index (χ1) is 17.7. The maximum absolute atomic E-state index is 13.2.